The van der Waals surface area contributed by atoms with Crippen LogP contribution in [0.2, 0.25) is 0 Å². The molecule has 5 rings (SSSR count). The lowest BCUT2D eigenvalue weighted by atomic mass is 9.48. The van der Waals surface area contributed by atoms with Gasteiger partial charge in [0.25, 0.3) is 0 Å². The molecule has 86 valence electrons. The lowest BCUT2D eigenvalue weighted by Gasteiger charge is -2.56. The monoisotopic (exact) mass is 217 g/mol. The molecular formula is C14H19NO. The summed E-state index contributed by atoms with van der Waals surface area (Å²) in [6.07, 6.45) is 10.7. The van der Waals surface area contributed by atoms with Gasteiger partial charge in [0.15, 0.2) is 0 Å². The Kier molecular flexibility index (Phi) is 1.68. The number of nitrogens with zero attached hydrogens (tertiary/aromatic N) is 1. The number of hydrogen-bond donors (Lipinski definition) is 0. The van der Waals surface area contributed by atoms with Crippen molar-refractivity contribution in [3.05, 3.63) is 17.5 Å². The summed E-state index contributed by atoms with van der Waals surface area (Å²) < 4.78 is 5.30. The summed E-state index contributed by atoms with van der Waals surface area (Å²) in [6.45, 7) is 2.08. The van der Waals surface area contributed by atoms with Crippen LogP contribution >= 0.6 is 0 Å². The Morgan fingerprint density at radius 3 is 2.12 bits per heavy atom. The molecule has 0 radical (unpaired) electrons. The fourth-order valence-electron chi connectivity index (χ4n) is 5.25. The predicted octanol–water partition coefficient (Wildman–Crippen LogP) is 3.45. The highest BCUT2D eigenvalue weighted by Crippen LogP contribution is 2.61. The highest BCUT2D eigenvalue weighted by atomic mass is 16.5. The van der Waals surface area contributed by atoms with Crippen LogP contribution in [0.5, 0.6) is 0 Å². The Bertz CT molecular complexity index is 385. The third kappa shape index (κ3) is 1.11. The lowest BCUT2D eigenvalue weighted by molar-refractivity contribution is -0.00579. The van der Waals surface area contributed by atoms with Gasteiger partial charge in [-0.25, -0.2) is 0 Å². The van der Waals surface area contributed by atoms with Crippen molar-refractivity contribution in [2.24, 2.45) is 17.8 Å². The summed E-state index contributed by atoms with van der Waals surface area (Å²) in [5, 5.41) is 4.00. The second kappa shape index (κ2) is 2.91. The van der Waals surface area contributed by atoms with E-state index in [0.29, 0.717) is 5.41 Å². The fourth-order valence-corrected chi connectivity index (χ4v) is 5.25. The van der Waals surface area contributed by atoms with E-state index in [1.54, 1.807) is 0 Å². The van der Waals surface area contributed by atoms with Gasteiger partial charge in [-0.15, -0.1) is 0 Å². The van der Waals surface area contributed by atoms with Gasteiger partial charge in [0.2, 0.25) is 0 Å². The van der Waals surface area contributed by atoms with Crippen molar-refractivity contribution >= 4 is 0 Å². The molecule has 4 aliphatic carbocycles. The van der Waals surface area contributed by atoms with Crippen LogP contribution < -0.4 is 0 Å². The summed E-state index contributed by atoms with van der Waals surface area (Å²) in [4.78, 5) is 0. The van der Waals surface area contributed by atoms with Gasteiger partial charge in [0, 0.05) is 11.0 Å². The van der Waals surface area contributed by atoms with Crippen LogP contribution in [0.3, 0.4) is 0 Å². The van der Waals surface area contributed by atoms with Gasteiger partial charge in [-0.3, -0.25) is 0 Å². The normalized spacial score (nSPS) is 45.2. The largest absolute Gasteiger partial charge is 0.361 e. The van der Waals surface area contributed by atoms with Gasteiger partial charge in [-0.05, 0) is 63.2 Å². The van der Waals surface area contributed by atoms with E-state index in [4.69, 9.17) is 4.52 Å². The molecule has 2 nitrogen and oxygen atoms in total. The molecule has 1 aromatic heterocycles. The van der Waals surface area contributed by atoms with Gasteiger partial charge in [-0.2, -0.15) is 0 Å². The van der Waals surface area contributed by atoms with Crippen molar-refractivity contribution in [2.75, 3.05) is 0 Å². The number of aryl methyl sites for hydroxylation is 1. The van der Waals surface area contributed by atoms with E-state index in [-0.39, 0.29) is 0 Å². The van der Waals surface area contributed by atoms with Crippen LogP contribution in [0.4, 0.5) is 0 Å². The predicted molar refractivity (Wildman–Crippen MR) is 61.1 cm³/mol. The maximum atomic E-state index is 5.30. The summed E-state index contributed by atoms with van der Waals surface area (Å²) in [5.41, 5.74) is 1.89. The molecule has 0 spiro atoms. The van der Waals surface area contributed by atoms with Crippen LogP contribution in [-0.4, -0.2) is 5.16 Å². The minimum absolute atomic E-state index is 0.457. The van der Waals surface area contributed by atoms with E-state index in [1.807, 2.05) is 6.20 Å². The van der Waals surface area contributed by atoms with E-state index in [1.165, 1.54) is 44.1 Å². The average molecular weight is 217 g/mol. The number of hydrogen-bond acceptors (Lipinski definition) is 2. The standard InChI is InChI=1S/C14H19NO/c1-9-13(8-15-16-9)14-5-10-2-11(6-14)4-12(3-10)7-14/h8,10-12H,2-7H2,1H3. The summed E-state index contributed by atoms with van der Waals surface area (Å²) in [5.74, 6) is 4.07. The molecule has 0 saturated heterocycles. The zero-order valence-electron chi connectivity index (χ0n) is 9.91. The molecule has 16 heavy (non-hydrogen) atoms. The van der Waals surface area contributed by atoms with Gasteiger partial charge in [0.1, 0.15) is 5.76 Å². The molecule has 0 unspecified atom stereocenters. The molecule has 1 heterocycles. The molecule has 4 aliphatic rings. The Morgan fingerprint density at radius 2 is 1.69 bits per heavy atom. The molecule has 4 saturated carbocycles. The van der Waals surface area contributed by atoms with Gasteiger partial charge >= 0.3 is 0 Å². The van der Waals surface area contributed by atoms with Gasteiger partial charge in [0.05, 0.1) is 6.20 Å². The first-order valence-corrected chi connectivity index (χ1v) is 6.67. The first-order chi connectivity index (χ1) is 7.75. The minimum atomic E-state index is 0.457. The maximum absolute atomic E-state index is 5.30. The summed E-state index contributed by atoms with van der Waals surface area (Å²) >= 11 is 0. The first kappa shape index (κ1) is 9.26. The van der Waals surface area contributed by atoms with Crippen molar-refractivity contribution in [3.8, 4) is 0 Å². The highest BCUT2D eigenvalue weighted by molar-refractivity contribution is 5.28. The van der Waals surface area contributed by atoms with Crippen molar-refractivity contribution in [1.29, 1.82) is 0 Å². The number of rotatable bonds is 1. The third-order valence-electron chi connectivity index (χ3n) is 5.36. The summed E-state index contributed by atoms with van der Waals surface area (Å²) in [6, 6.07) is 0. The van der Waals surface area contributed by atoms with E-state index in [2.05, 4.69) is 12.1 Å². The topological polar surface area (TPSA) is 26.0 Å². The number of aromatic nitrogens is 1. The molecule has 1 aromatic rings. The van der Waals surface area contributed by atoms with Crippen LogP contribution in [0.1, 0.15) is 49.8 Å². The van der Waals surface area contributed by atoms with Crippen molar-refractivity contribution in [3.63, 3.8) is 0 Å². The Hall–Kier alpha value is -0.790. The maximum Gasteiger partial charge on any atom is 0.137 e. The summed E-state index contributed by atoms with van der Waals surface area (Å²) in [7, 11) is 0. The molecule has 4 fully saturated rings. The van der Waals surface area contributed by atoms with E-state index in [0.717, 1.165) is 23.5 Å². The lowest BCUT2D eigenvalue weighted by Crippen LogP contribution is -2.48. The second-order valence-corrected chi connectivity index (χ2v) is 6.49. The van der Waals surface area contributed by atoms with Crippen LogP contribution in [0.25, 0.3) is 0 Å². The van der Waals surface area contributed by atoms with E-state index < -0.39 is 0 Å². The molecule has 0 aliphatic heterocycles. The van der Waals surface area contributed by atoms with E-state index in [9.17, 15) is 0 Å². The minimum Gasteiger partial charge on any atom is -0.361 e. The Balaban J connectivity index is 1.79. The molecule has 0 aromatic carbocycles. The Morgan fingerprint density at radius 1 is 1.12 bits per heavy atom. The smallest absolute Gasteiger partial charge is 0.137 e. The molecule has 0 atom stereocenters. The zero-order chi connectivity index (χ0) is 10.8. The van der Waals surface area contributed by atoms with Crippen molar-refractivity contribution < 1.29 is 4.52 Å². The Labute approximate surface area is 96.4 Å². The van der Waals surface area contributed by atoms with Gasteiger partial charge < -0.3 is 4.52 Å². The SMILES string of the molecule is Cc1oncc1C12CC3CC(CC(C3)C1)C2. The fraction of sp³-hybridized carbons (Fsp3) is 0.786. The van der Waals surface area contributed by atoms with E-state index >= 15 is 0 Å². The quantitative estimate of drug-likeness (QED) is 0.720. The molecule has 0 amide bonds. The first-order valence-electron chi connectivity index (χ1n) is 6.67. The molecule has 0 N–H and O–H groups in total. The van der Waals surface area contributed by atoms with Crippen molar-refractivity contribution in [2.45, 2.75) is 50.9 Å². The van der Waals surface area contributed by atoms with Crippen LogP contribution in [0.15, 0.2) is 10.7 Å². The van der Waals surface area contributed by atoms with Crippen molar-refractivity contribution in [1.82, 2.24) is 5.16 Å². The molecular weight excluding hydrogens is 198 g/mol. The highest BCUT2D eigenvalue weighted by Gasteiger charge is 2.52. The van der Waals surface area contributed by atoms with Crippen LogP contribution in [-0.2, 0) is 5.41 Å². The second-order valence-electron chi connectivity index (χ2n) is 6.49. The zero-order valence-corrected chi connectivity index (χ0v) is 9.91. The average Bonchev–Trinajstić information content (AvgIpc) is 2.62. The third-order valence-corrected chi connectivity index (χ3v) is 5.36. The van der Waals surface area contributed by atoms with Crippen LogP contribution in [0, 0.1) is 24.7 Å². The molecule has 4 bridgehead atoms. The molecule has 2 heteroatoms. The van der Waals surface area contributed by atoms with Gasteiger partial charge in [-0.1, -0.05) is 5.16 Å².